The molecule has 1 aromatic carbocycles. The van der Waals surface area contributed by atoms with Gasteiger partial charge in [0, 0.05) is 6.20 Å². The highest BCUT2D eigenvalue weighted by atomic mass is 16.5. The monoisotopic (exact) mass is 310 g/mol. The van der Waals surface area contributed by atoms with Crippen LogP contribution in [-0.2, 0) is 4.74 Å². The van der Waals surface area contributed by atoms with E-state index in [-0.39, 0.29) is 5.75 Å². The van der Waals surface area contributed by atoms with Gasteiger partial charge in [-0.3, -0.25) is 4.40 Å². The molecule has 0 unspecified atom stereocenters. The number of aromatic nitrogens is 2. The van der Waals surface area contributed by atoms with Gasteiger partial charge in [-0.15, -0.1) is 10.2 Å². The molecule has 0 fully saturated rings. The number of imidazole rings is 1. The zero-order valence-corrected chi connectivity index (χ0v) is 12.6. The van der Waals surface area contributed by atoms with Gasteiger partial charge in [0.25, 0.3) is 0 Å². The fourth-order valence-electron chi connectivity index (χ4n) is 2.19. The number of ether oxygens (including phenoxy) is 1. The van der Waals surface area contributed by atoms with Crippen LogP contribution in [0.25, 0.3) is 5.65 Å². The summed E-state index contributed by atoms with van der Waals surface area (Å²) in [6.45, 7) is 1.78. The molecule has 2 aromatic heterocycles. The molecule has 1 N–H and O–H groups in total. The number of nitrogens with zero attached hydrogens (tertiary/aromatic N) is 4. The Balaban J connectivity index is 1.99. The van der Waals surface area contributed by atoms with Gasteiger partial charge in [0.1, 0.15) is 0 Å². The summed E-state index contributed by atoms with van der Waals surface area (Å²) in [7, 11) is 1.32. The summed E-state index contributed by atoms with van der Waals surface area (Å²) in [6.07, 6.45) is 1.74. The molecule has 23 heavy (non-hydrogen) atoms. The van der Waals surface area contributed by atoms with E-state index in [0.717, 1.165) is 0 Å². The highest BCUT2D eigenvalue weighted by Crippen LogP contribution is 2.27. The van der Waals surface area contributed by atoms with Gasteiger partial charge in [-0.25, -0.2) is 9.78 Å². The normalized spacial score (nSPS) is 11.2. The minimum atomic E-state index is -0.432. The van der Waals surface area contributed by atoms with E-state index < -0.39 is 5.97 Å². The van der Waals surface area contributed by atoms with E-state index in [9.17, 15) is 9.90 Å². The van der Waals surface area contributed by atoms with Gasteiger partial charge in [-0.05, 0) is 37.3 Å². The third-order valence-electron chi connectivity index (χ3n) is 3.30. The second-order valence-corrected chi connectivity index (χ2v) is 4.85. The molecule has 0 bridgehead atoms. The molecule has 3 aromatic rings. The van der Waals surface area contributed by atoms with Gasteiger partial charge in [0.05, 0.1) is 24.1 Å². The molecule has 7 nitrogen and oxygen atoms in total. The maximum atomic E-state index is 11.5. The van der Waals surface area contributed by atoms with Crippen LogP contribution in [0.5, 0.6) is 5.75 Å². The van der Waals surface area contributed by atoms with E-state index in [4.69, 9.17) is 0 Å². The van der Waals surface area contributed by atoms with E-state index >= 15 is 0 Å². The van der Waals surface area contributed by atoms with Crippen molar-refractivity contribution in [1.29, 1.82) is 0 Å². The molecule has 0 aliphatic heterocycles. The maximum absolute atomic E-state index is 11.5. The second kappa shape index (κ2) is 5.88. The molecule has 0 atom stereocenters. The summed E-state index contributed by atoms with van der Waals surface area (Å²) in [6, 6.07) is 9.91. The topological polar surface area (TPSA) is 88.5 Å². The summed E-state index contributed by atoms with van der Waals surface area (Å²) in [5.74, 6) is 0.155. The van der Waals surface area contributed by atoms with Crippen LogP contribution in [0.1, 0.15) is 16.1 Å². The number of aryl methyl sites for hydroxylation is 1. The predicted molar refractivity (Wildman–Crippen MR) is 83.6 cm³/mol. The Morgan fingerprint density at radius 1 is 1.26 bits per heavy atom. The van der Waals surface area contributed by atoms with Crippen LogP contribution in [0.3, 0.4) is 0 Å². The number of benzene rings is 1. The molecule has 0 aliphatic rings. The Morgan fingerprint density at radius 3 is 2.87 bits per heavy atom. The number of methoxy groups -OCH3 is 1. The van der Waals surface area contributed by atoms with Crippen molar-refractivity contribution in [3.05, 3.63) is 53.9 Å². The first-order valence-corrected chi connectivity index (χ1v) is 6.87. The van der Waals surface area contributed by atoms with Gasteiger partial charge < -0.3 is 9.84 Å². The molecule has 0 amide bonds. The van der Waals surface area contributed by atoms with Crippen molar-refractivity contribution in [2.75, 3.05) is 7.11 Å². The molecular weight excluding hydrogens is 296 g/mol. The van der Waals surface area contributed by atoms with Crippen molar-refractivity contribution >= 4 is 23.1 Å². The number of pyridine rings is 1. The Kier molecular flexibility index (Phi) is 3.76. The molecular formula is C16H14N4O3. The second-order valence-electron chi connectivity index (χ2n) is 4.85. The van der Waals surface area contributed by atoms with Crippen molar-refractivity contribution in [3.8, 4) is 5.75 Å². The number of fused-ring (bicyclic) bond motifs is 1. The van der Waals surface area contributed by atoms with Crippen molar-refractivity contribution in [2.45, 2.75) is 6.92 Å². The molecule has 2 heterocycles. The molecule has 7 heteroatoms. The van der Waals surface area contributed by atoms with Crippen molar-refractivity contribution in [1.82, 2.24) is 9.38 Å². The number of hydrogen-bond acceptors (Lipinski definition) is 6. The Bertz CT molecular complexity index is 915. The summed E-state index contributed by atoms with van der Waals surface area (Å²) >= 11 is 0. The van der Waals surface area contributed by atoms with Gasteiger partial charge >= 0.3 is 5.97 Å². The van der Waals surface area contributed by atoms with Crippen LogP contribution in [-0.4, -0.2) is 27.6 Å². The molecule has 3 rings (SSSR count). The molecule has 116 valence electrons. The molecule has 0 spiro atoms. The molecule has 0 radical (unpaired) electrons. The molecule has 0 saturated heterocycles. The first-order valence-electron chi connectivity index (χ1n) is 6.87. The average Bonchev–Trinajstić information content (AvgIpc) is 2.89. The summed E-state index contributed by atoms with van der Waals surface area (Å²) in [4.78, 5) is 15.8. The summed E-state index contributed by atoms with van der Waals surface area (Å²) in [5.41, 5.74) is 1.97. The first-order chi connectivity index (χ1) is 11.1. The number of aromatic hydroxyl groups is 1. The lowest BCUT2D eigenvalue weighted by atomic mass is 10.2. The molecule has 0 saturated carbocycles. The van der Waals surface area contributed by atoms with Crippen molar-refractivity contribution < 1.29 is 14.6 Å². The number of carbonyl (C=O) groups is 1. The van der Waals surface area contributed by atoms with Crippen LogP contribution in [0.4, 0.5) is 11.5 Å². The highest BCUT2D eigenvalue weighted by Gasteiger charge is 2.11. The zero-order chi connectivity index (χ0) is 16.4. The highest BCUT2D eigenvalue weighted by molar-refractivity contribution is 5.90. The van der Waals surface area contributed by atoms with E-state index in [0.29, 0.717) is 28.4 Å². The lowest BCUT2D eigenvalue weighted by Crippen LogP contribution is -1.99. The Morgan fingerprint density at radius 2 is 2.09 bits per heavy atom. The smallest absolute Gasteiger partial charge is 0.337 e. The minimum Gasteiger partial charge on any atom is -0.504 e. The lowest BCUT2D eigenvalue weighted by molar-refractivity contribution is 0.0601. The SMILES string of the molecule is COC(=O)c1cccc(N=Nc2c(C)nc3c(O)cccn23)c1. The lowest BCUT2D eigenvalue weighted by Gasteiger charge is -2.00. The Hall–Kier alpha value is -3.22. The zero-order valence-electron chi connectivity index (χ0n) is 12.6. The van der Waals surface area contributed by atoms with Crippen LogP contribution >= 0.6 is 0 Å². The average molecular weight is 310 g/mol. The van der Waals surface area contributed by atoms with Crippen LogP contribution in [0, 0.1) is 6.92 Å². The number of carbonyl (C=O) groups excluding carboxylic acids is 1. The quantitative estimate of drug-likeness (QED) is 0.592. The number of azo groups is 1. The standard InChI is InChI=1S/C16H14N4O3/c1-10-14(20-8-4-7-13(21)15(20)17-10)19-18-12-6-3-5-11(9-12)16(22)23-2/h3-9,21H,1-2H3. The van der Waals surface area contributed by atoms with Crippen LogP contribution in [0.2, 0.25) is 0 Å². The fourth-order valence-corrected chi connectivity index (χ4v) is 2.19. The predicted octanol–water partition coefficient (Wildman–Crippen LogP) is 3.55. The van der Waals surface area contributed by atoms with Gasteiger partial charge in [-0.1, -0.05) is 6.07 Å². The third kappa shape index (κ3) is 2.76. The van der Waals surface area contributed by atoms with Gasteiger partial charge in [0.15, 0.2) is 17.2 Å². The summed E-state index contributed by atoms with van der Waals surface area (Å²) in [5, 5.41) is 18.1. The van der Waals surface area contributed by atoms with Crippen LogP contribution in [0.15, 0.2) is 52.8 Å². The Labute approximate surface area is 131 Å². The van der Waals surface area contributed by atoms with E-state index in [2.05, 4.69) is 19.9 Å². The van der Waals surface area contributed by atoms with E-state index in [1.165, 1.54) is 7.11 Å². The number of hydrogen-bond donors (Lipinski definition) is 1. The van der Waals surface area contributed by atoms with Crippen LogP contribution < -0.4 is 0 Å². The van der Waals surface area contributed by atoms with Crippen molar-refractivity contribution in [3.63, 3.8) is 0 Å². The molecule has 0 aliphatic carbocycles. The largest absolute Gasteiger partial charge is 0.504 e. The van der Waals surface area contributed by atoms with Crippen molar-refractivity contribution in [2.24, 2.45) is 10.2 Å². The third-order valence-corrected chi connectivity index (χ3v) is 3.30. The van der Waals surface area contributed by atoms with E-state index in [1.807, 2.05) is 0 Å². The summed E-state index contributed by atoms with van der Waals surface area (Å²) < 4.78 is 6.33. The van der Waals surface area contributed by atoms with Gasteiger partial charge in [-0.2, -0.15) is 0 Å². The number of rotatable bonds is 3. The minimum absolute atomic E-state index is 0.0738. The maximum Gasteiger partial charge on any atom is 0.337 e. The van der Waals surface area contributed by atoms with E-state index in [1.54, 1.807) is 53.9 Å². The number of esters is 1. The first kappa shape index (κ1) is 14.7. The van der Waals surface area contributed by atoms with Gasteiger partial charge in [0.2, 0.25) is 0 Å². The fraction of sp³-hybridized carbons (Fsp3) is 0.125.